The number of anilines is 1. The minimum absolute atomic E-state index is 0.343. The summed E-state index contributed by atoms with van der Waals surface area (Å²) in [4.78, 5) is 11.4. The second kappa shape index (κ2) is 5.04. The summed E-state index contributed by atoms with van der Waals surface area (Å²) in [7, 11) is 0. The van der Waals surface area contributed by atoms with Crippen molar-refractivity contribution < 1.29 is 0 Å². The van der Waals surface area contributed by atoms with Crippen LogP contribution in [0.4, 0.5) is 5.82 Å². The fourth-order valence-corrected chi connectivity index (χ4v) is 2.85. The number of nitrogens with one attached hydrogen (secondary N) is 1. The number of hydrazine groups is 1. The first-order valence-electron chi connectivity index (χ1n) is 5.95. The lowest BCUT2D eigenvalue weighted by Crippen LogP contribution is -2.14. The Morgan fingerprint density at radius 3 is 2.44 bits per heavy atom. The molecule has 0 aromatic carbocycles. The van der Waals surface area contributed by atoms with Gasteiger partial charge in [-0.1, -0.05) is 13.8 Å². The van der Waals surface area contributed by atoms with E-state index in [2.05, 4.69) is 42.2 Å². The van der Waals surface area contributed by atoms with Gasteiger partial charge in [-0.3, -0.25) is 0 Å². The number of nitrogen functional groups attached to an aromatic ring is 1. The van der Waals surface area contributed by atoms with Crippen LogP contribution < -0.4 is 11.3 Å². The molecule has 2 aromatic rings. The molecule has 0 fully saturated rings. The molecular weight excluding hydrogens is 244 g/mol. The van der Waals surface area contributed by atoms with E-state index in [1.807, 2.05) is 13.0 Å². The maximum Gasteiger partial charge on any atom is 0.171 e. The highest BCUT2D eigenvalue weighted by atomic mass is 32.1. The Morgan fingerprint density at radius 1 is 1.22 bits per heavy atom. The number of hydrogen-bond donors (Lipinski definition) is 2. The Bertz CT molecular complexity index is 560. The van der Waals surface area contributed by atoms with Gasteiger partial charge in [-0.2, -0.15) is 0 Å². The van der Waals surface area contributed by atoms with Crippen LogP contribution in [0.3, 0.4) is 0 Å². The third-order valence-electron chi connectivity index (χ3n) is 2.81. The van der Waals surface area contributed by atoms with E-state index < -0.39 is 0 Å². The fraction of sp³-hybridized carbons (Fsp3) is 0.385. The maximum absolute atomic E-state index is 5.57. The lowest BCUT2D eigenvalue weighted by atomic mass is 10.0. The largest absolute Gasteiger partial charge is 0.308 e. The quantitative estimate of drug-likeness (QED) is 0.658. The van der Waals surface area contributed by atoms with Crippen molar-refractivity contribution in [3.8, 4) is 10.7 Å². The molecule has 3 N–H and O–H groups in total. The van der Waals surface area contributed by atoms with Crippen molar-refractivity contribution in [3.05, 3.63) is 28.3 Å². The van der Waals surface area contributed by atoms with Crippen molar-refractivity contribution in [1.29, 1.82) is 0 Å². The van der Waals surface area contributed by atoms with E-state index in [0.29, 0.717) is 5.92 Å². The van der Waals surface area contributed by atoms with Gasteiger partial charge in [0.1, 0.15) is 5.82 Å². The highest BCUT2D eigenvalue weighted by molar-refractivity contribution is 7.15. The molecule has 2 rings (SSSR count). The number of aromatic nitrogens is 2. The molecule has 0 saturated carbocycles. The van der Waals surface area contributed by atoms with Gasteiger partial charge in [0.15, 0.2) is 5.82 Å². The fourth-order valence-electron chi connectivity index (χ4n) is 2.05. The molecule has 2 heterocycles. The van der Waals surface area contributed by atoms with Gasteiger partial charge in [-0.25, -0.2) is 15.8 Å². The van der Waals surface area contributed by atoms with Crippen molar-refractivity contribution in [3.63, 3.8) is 0 Å². The molecular formula is C13H18N4S. The van der Waals surface area contributed by atoms with E-state index in [4.69, 9.17) is 5.84 Å². The number of aryl methyl sites for hydroxylation is 2. The third-order valence-corrected chi connectivity index (χ3v) is 3.81. The van der Waals surface area contributed by atoms with Crippen LogP contribution in [-0.2, 0) is 0 Å². The first-order valence-corrected chi connectivity index (χ1v) is 6.76. The predicted octanol–water partition coefficient (Wildman–Crippen LogP) is 3.23. The second-order valence-electron chi connectivity index (χ2n) is 4.60. The summed E-state index contributed by atoms with van der Waals surface area (Å²) in [5.74, 6) is 7.38. The number of rotatable bonds is 3. The maximum atomic E-state index is 5.57. The average molecular weight is 262 g/mol. The van der Waals surface area contributed by atoms with E-state index in [0.717, 1.165) is 27.8 Å². The lowest BCUT2D eigenvalue weighted by molar-refractivity contribution is 0.832. The molecule has 2 aromatic heterocycles. The standard InChI is InChI=1S/C13H18N4S/c1-7(2)11-9(4)15-12(16-13(11)17-14)10-6-5-8(3)18-10/h5-7H,14H2,1-4H3,(H,15,16,17). The van der Waals surface area contributed by atoms with E-state index in [9.17, 15) is 0 Å². The van der Waals surface area contributed by atoms with Crippen LogP contribution in [0.25, 0.3) is 10.7 Å². The summed E-state index contributed by atoms with van der Waals surface area (Å²) < 4.78 is 0. The smallest absolute Gasteiger partial charge is 0.171 e. The molecule has 0 bridgehead atoms. The summed E-state index contributed by atoms with van der Waals surface area (Å²) in [5, 5.41) is 0. The average Bonchev–Trinajstić information content (AvgIpc) is 2.74. The van der Waals surface area contributed by atoms with E-state index in [1.165, 1.54) is 4.88 Å². The van der Waals surface area contributed by atoms with Crippen molar-refractivity contribution in [1.82, 2.24) is 9.97 Å². The molecule has 0 saturated heterocycles. The molecule has 96 valence electrons. The van der Waals surface area contributed by atoms with Gasteiger partial charge >= 0.3 is 0 Å². The van der Waals surface area contributed by atoms with Crippen LogP contribution in [0, 0.1) is 13.8 Å². The second-order valence-corrected chi connectivity index (χ2v) is 5.89. The molecule has 0 aliphatic carbocycles. The molecule has 0 atom stereocenters. The van der Waals surface area contributed by atoms with Crippen molar-refractivity contribution >= 4 is 17.2 Å². The van der Waals surface area contributed by atoms with Gasteiger partial charge in [-0.05, 0) is 31.9 Å². The van der Waals surface area contributed by atoms with E-state index in [-0.39, 0.29) is 0 Å². The minimum atomic E-state index is 0.343. The number of nitrogens with two attached hydrogens (primary N) is 1. The molecule has 5 heteroatoms. The number of thiophene rings is 1. The predicted molar refractivity (Wildman–Crippen MR) is 76.7 cm³/mol. The Kier molecular flexibility index (Phi) is 3.63. The van der Waals surface area contributed by atoms with Crippen LogP contribution in [0.1, 0.15) is 35.9 Å². The number of hydrogen-bond acceptors (Lipinski definition) is 5. The highest BCUT2D eigenvalue weighted by Crippen LogP contribution is 2.30. The van der Waals surface area contributed by atoms with Crippen LogP contribution in [0.15, 0.2) is 12.1 Å². The van der Waals surface area contributed by atoms with Crippen LogP contribution in [0.5, 0.6) is 0 Å². The SMILES string of the molecule is Cc1ccc(-c2nc(C)c(C(C)C)c(NN)n2)s1. The summed E-state index contributed by atoms with van der Waals surface area (Å²) >= 11 is 1.69. The summed E-state index contributed by atoms with van der Waals surface area (Å²) in [6, 6.07) is 4.12. The van der Waals surface area contributed by atoms with Gasteiger partial charge in [0.05, 0.1) is 4.88 Å². The lowest BCUT2D eigenvalue weighted by Gasteiger charge is -2.14. The molecule has 4 nitrogen and oxygen atoms in total. The van der Waals surface area contributed by atoms with Crippen LogP contribution in [0.2, 0.25) is 0 Å². The molecule has 0 aliphatic rings. The first-order chi connectivity index (χ1) is 8.52. The van der Waals surface area contributed by atoms with Crippen molar-refractivity contribution in [2.45, 2.75) is 33.6 Å². The molecule has 0 aliphatic heterocycles. The van der Waals surface area contributed by atoms with Gasteiger partial charge in [0.25, 0.3) is 0 Å². The molecule has 0 spiro atoms. The Labute approximate surface area is 111 Å². The Balaban J connectivity index is 2.55. The third kappa shape index (κ3) is 2.37. The summed E-state index contributed by atoms with van der Waals surface area (Å²) in [6.45, 7) is 8.30. The van der Waals surface area contributed by atoms with Gasteiger partial charge in [0.2, 0.25) is 0 Å². The van der Waals surface area contributed by atoms with E-state index >= 15 is 0 Å². The monoisotopic (exact) mass is 262 g/mol. The zero-order valence-corrected chi connectivity index (χ0v) is 11.9. The van der Waals surface area contributed by atoms with Gasteiger partial charge in [0, 0.05) is 16.1 Å². The molecule has 0 unspecified atom stereocenters. The normalized spacial score (nSPS) is 11.0. The van der Waals surface area contributed by atoms with Crippen molar-refractivity contribution in [2.24, 2.45) is 5.84 Å². The van der Waals surface area contributed by atoms with E-state index in [1.54, 1.807) is 11.3 Å². The van der Waals surface area contributed by atoms with Crippen molar-refractivity contribution in [2.75, 3.05) is 5.43 Å². The van der Waals surface area contributed by atoms with Gasteiger partial charge in [-0.15, -0.1) is 11.3 Å². The molecule has 18 heavy (non-hydrogen) atoms. The number of nitrogens with zero attached hydrogens (tertiary/aromatic N) is 2. The zero-order valence-electron chi connectivity index (χ0n) is 11.1. The summed E-state index contributed by atoms with van der Waals surface area (Å²) in [5.41, 5.74) is 4.75. The minimum Gasteiger partial charge on any atom is -0.308 e. The molecule has 0 amide bonds. The highest BCUT2D eigenvalue weighted by Gasteiger charge is 2.15. The Morgan fingerprint density at radius 2 is 1.94 bits per heavy atom. The first kappa shape index (κ1) is 13.0. The van der Waals surface area contributed by atoms with Crippen LogP contribution >= 0.6 is 11.3 Å². The zero-order chi connectivity index (χ0) is 13.3. The van der Waals surface area contributed by atoms with Gasteiger partial charge < -0.3 is 5.43 Å². The molecule has 0 radical (unpaired) electrons. The van der Waals surface area contributed by atoms with Crippen LogP contribution in [-0.4, -0.2) is 9.97 Å². The Hall–Kier alpha value is -1.46. The summed E-state index contributed by atoms with van der Waals surface area (Å²) in [6.07, 6.45) is 0. The topological polar surface area (TPSA) is 63.8 Å².